The van der Waals surface area contributed by atoms with Gasteiger partial charge >= 0.3 is 0 Å². The summed E-state index contributed by atoms with van der Waals surface area (Å²) in [7, 11) is 0. The third-order valence-corrected chi connectivity index (χ3v) is 6.49. The van der Waals surface area contributed by atoms with Crippen molar-refractivity contribution in [3.63, 3.8) is 0 Å². The fourth-order valence-corrected chi connectivity index (χ4v) is 4.97. The third kappa shape index (κ3) is 3.88. The molecule has 0 saturated carbocycles. The highest BCUT2D eigenvalue weighted by Gasteiger charge is 2.33. The number of hydrogen-bond donors (Lipinski definition) is 1. The minimum Gasteiger partial charge on any atom is -0.494 e. The summed E-state index contributed by atoms with van der Waals surface area (Å²) in [6.45, 7) is 3.14. The van der Waals surface area contributed by atoms with E-state index < -0.39 is 6.04 Å². The number of thiophene rings is 1. The van der Waals surface area contributed by atoms with Crippen LogP contribution in [0.25, 0.3) is 10.2 Å². The summed E-state index contributed by atoms with van der Waals surface area (Å²) in [5.74, 6) is 0.547. The van der Waals surface area contributed by atoms with Gasteiger partial charge in [0.1, 0.15) is 11.8 Å². The lowest BCUT2D eigenvalue weighted by Gasteiger charge is -2.34. The van der Waals surface area contributed by atoms with Gasteiger partial charge < -0.3 is 15.0 Å². The Kier molecular flexibility index (Phi) is 5.59. The average molecular weight is 416 g/mol. The number of piperidine rings is 1. The van der Waals surface area contributed by atoms with Crippen molar-refractivity contribution in [3.05, 3.63) is 40.6 Å². The second-order valence-electron chi connectivity index (χ2n) is 6.56. The highest BCUT2D eigenvalue weighted by Crippen LogP contribution is 2.30. The summed E-state index contributed by atoms with van der Waals surface area (Å²) in [5, 5.41) is 5.34. The van der Waals surface area contributed by atoms with Gasteiger partial charge in [-0.05, 0) is 55.8 Å². The van der Waals surface area contributed by atoms with Gasteiger partial charge in [-0.15, -0.1) is 11.3 Å². The maximum Gasteiger partial charge on any atom is 0.264 e. The van der Waals surface area contributed by atoms with Crippen LogP contribution >= 0.6 is 22.7 Å². The van der Waals surface area contributed by atoms with Crippen molar-refractivity contribution in [1.82, 2.24) is 9.88 Å². The molecule has 28 heavy (non-hydrogen) atoms. The van der Waals surface area contributed by atoms with Crippen molar-refractivity contribution in [3.8, 4) is 5.75 Å². The molecule has 2 amide bonds. The zero-order chi connectivity index (χ0) is 19.5. The topological polar surface area (TPSA) is 71.5 Å². The van der Waals surface area contributed by atoms with E-state index in [-0.39, 0.29) is 11.8 Å². The predicted molar refractivity (Wildman–Crippen MR) is 112 cm³/mol. The van der Waals surface area contributed by atoms with Crippen LogP contribution in [0, 0.1) is 0 Å². The minimum atomic E-state index is -0.464. The Labute approximate surface area is 171 Å². The van der Waals surface area contributed by atoms with E-state index in [1.165, 1.54) is 22.7 Å². The summed E-state index contributed by atoms with van der Waals surface area (Å²) in [6, 6.07) is 8.89. The number of fused-ring (bicyclic) bond motifs is 1. The van der Waals surface area contributed by atoms with Crippen molar-refractivity contribution in [2.24, 2.45) is 0 Å². The molecule has 1 fully saturated rings. The van der Waals surface area contributed by atoms with Crippen LogP contribution in [0.15, 0.2) is 35.7 Å². The van der Waals surface area contributed by atoms with Gasteiger partial charge in [-0.1, -0.05) is 17.4 Å². The predicted octanol–water partition coefficient (Wildman–Crippen LogP) is 4.39. The zero-order valence-electron chi connectivity index (χ0n) is 15.5. The summed E-state index contributed by atoms with van der Waals surface area (Å²) in [4.78, 5) is 32.6. The van der Waals surface area contributed by atoms with Crippen molar-refractivity contribution in [2.75, 3.05) is 18.5 Å². The normalized spacial score (nSPS) is 16.9. The Morgan fingerprint density at radius 1 is 1.32 bits per heavy atom. The Morgan fingerprint density at radius 3 is 3.00 bits per heavy atom. The Bertz CT molecular complexity index is 984. The third-order valence-electron chi connectivity index (χ3n) is 4.70. The number of amides is 2. The molecule has 0 unspecified atom stereocenters. The molecule has 8 heteroatoms. The molecule has 1 saturated heterocycles. The van der Waals surface area contributed by atoms with E-state index in [0.717, 1.165) is 28.8 Å². The molecule has 1 aromatic carbocycles. The largest absolute Gasteiger partial charge is 0.494 e. The van der Waals surface area contributed by atoms with Gasteiger partial charge in [0.25, 0.3) is 5.91 Å². The van der Waals surface area contributed by atoms with E-state index in [9.17, 15) is 9.59 Å². The number of likely N-dealkylation sites (tertiary alicyclic amines) is 1. The quantitative estimate of drug-likeness (QED) is 0.671. The smallest absolute Gasteiger partial charge is 0.264 e. The fraction of sp³-hybridized carbons (Fsp3) is 0.350. The van der Waals surface area contributed by atoms with Crippen LogP contribution in [0.2, 0.25) is 0 Å². The number of carbonyl (C=O) groups is 2. The van der Waals surface area contributed by atoms with E-state index >= 15 is 0 Å². The van der Waals surface area contributed by atoms with Crippen molar-refractivity contribution < 1.29 is 14.3 Å². The lowest BCUT2D eigenvalue weighted by molar-refractivity contribution is -0.121. The van der Waals surface area contributed by atoms with Gasteiger partial charge in [0, 0.05) is 6.54 Å². The van der Waals surface area contributed by atoms with E-state index in [1.807, 2.05) is 36.6 Å². The Morgan fingerprint density at radius 2 is 2.21 bits per heavy atom. The molecule has 3 heterocycles. The number of benzene rings is 1. The maximum atomic E-state index is 12.9. The average Bonchev–Trinajstić information content (AvgIpc) is 3.37. The minimum absolute atomic E-state index is 0.0690. The van der Waals surface area contributed by atoms with Gasteiger partial charge in [0.2, 0.25) is 5.91 Å². The molecule has 0 radical (unpaired) electrons. The second kappa shape index (κ2) is 8.28. The molecule has 6 nitrogen and oxygen atoms in total. The summed E-state index contributed by atoms with van der Waals surface area (Å²) in [6.07, 6.45) is 2.52. The van der Waals surface area contributed by atoms with Crippen LogP contribution in [-0.4, -0.2) is 40.9 Å². The van der Waals surface area contributed by atoms with Crippen LogP contribution in [0.3, 0.4) is 0 Å². The Hall–Kier alpha value is -2.45. The molecule has 2 aromatic heterocycles. The number of carbonyl (C=O) groups excluding carboxylic acids is 2. The van der Waals surface area contributed by atoms with Gasteiger partial charge in [-0.25, -0.2) is 4.98 Å². The molecule has 1 atom stereocenters. The first-order valence-electron chi connectivity index (χ1n) is 9.34. The van der Waals surface area contributed by atoms with Crippen LogP contribution in [-0.2, 0) is 4.79 Å². The first kappa shape index (κ1) is 18.9. The lowest BCUT2D eigenvalue weighted by Crippen LogP contribution is -2.49. The molecule has 0 bridgehead atoms. The Balaban J connectivity index is 1.51. The molecule has 1 aliphatic rings. The highest BCUT2D eigenvalue weighted by molar-refractivity contribution is 7.22. The molecular weight excluding hydrogens is 394 g/mol. The zero-order valence-corrected chi connectivity index (χ0v) is 17.1. The number of anilines is 1. The van der Waals surface area contributed by atoms with Crippen LogP contribution in [0.4, 0.5) is 5.13 Å². The number of ether oxygens (including phenoxy) is 1. The van der Waals surface area contributed by atoms with E-state index in [1.54, 1.807) is 11.0 Å². The first-order chi connectivity index (χ1) is 13.7. The van der Waals surface area contributed by atoms with Crippen LogP contribution < -0.4 is 10.1 Å². The molecule has 146 valence electrons. The summed E-state index contributed by atoms with van der Waals surface area (Å²) in [5.41, 5.74) is 0.818. The monoisotopic (exact) mass is 415 g/mol. The van der Waals surface area contributed by atoms with E-state index in [2.05, 4.69) is 10.3 Å². The first-order valence-corrected chi connectivity index (χ1v) is 11.0. The number of hydrogen-bond acceptors (Lipinski definition) is 6. The van der Waals surface area contributed by atoms with Gasteiger partial charge in [0.05, 0.1) is 21.7 Å². The number of aromatic nitrogens is 1. The molecule has 1 N–H and O–H groups in total. The SMILES string of the molecule is CCOc1ccc2nc(NC(=O)[C@@H]3CCCCN3C(=O)c3cccs3)sc2c1. The van der Waals surface area contributed by atoms with Gasteiger partial charge in [0.15, 0.2) is 5.13 Å². The van der Waals surface area contributed by atoms with E-state index in [4.69, 9.17) is 4.74 Å². The highest BCUT2D eigenvalue weighted by atomic mass is 32.1. The second-order valence-corrected chi connectivity index (χ2v) is 8.54. The van der Waals surface area contributed by atoms with Crippen molar-refractivity contribution >= 4 is 49.8 Å². The van der Waals surface area contributed by atoms with Crippen LogP contribution in [0.5, 0.6) is 5.75 Å². The molecule has 3 aromatic rings. The molecule has 0 aliphatic carbocycles. The lowest BCUT2D eigenvalue weighted by atomic mass is 10.0. The molecule has 4 rings (SSSR count). The number of nitrogens with one attached hydrogen (secondary N) is 1. The van der Waals surface area contributed by atoms with Crippen molar-refractivity contribution in [2.45, 2.75) is 32.2 Å². The standard InChI is InChI=1S/C20H21N3O3S2/c1-2-26-13-8-9-14-17(12-13)28-20(21-14)22-18(24)15-6-3-4-10-23(15)19(25)16-7-5-11-27-16/h5,7-9,11-12,15H,2-4,6,10H2,1H3,(H,21,22,24)/t15-/m0/s1. The van der Waals surface area contributed by atoms with Crippen LogP contribution in [0.1, 0.15) is 35.9 Å². The van der Waals surface area contributed by atoms with Crippen molar-refractivity contribution in [1.29, 1.82) is 0 Å². The molecule has 1 aliphatic heterocycles. The molecular formula is C20H21N3O3S2. The number of thiazole rings is 1. The summed E-state index contributed by atoms with van der Waals surface area (Å²) < 4.78 is 6.48. The number of rotatable bonds is 5. The molecule has 0 spiro atoms. The maximum absolute atomic E-state index is 12.9. The van der Waals surface area contributed by atoms with E-state index in [0.29, 0.717) is 29.6 Å². The van der Waals surface area contributed by atoms with Gasteiger partial charge in [-0.2, -0.15) is 0 Å². The van der Waals surface area contributed by atoms with Gasteiger partial charge in [-0.3, -0.25) is 9.59 Å². The number of nitrogens with zero attached hydrogens (tertiary/aromatic N) is 2. The summed E-state index contributed by atoms with van der Waals surface area (Å²) >= 11 is 2.82. The fourth-order valence-electron chi connectivity index (χ4n) is 3.39.